The predicted molar refractivity (Wildman–Crippen MR) is 59.6 cm³/mol. The highest BCUT2D eigenvalue weighted by molar-refractivity contribution is 5.93. The molecule has 1 heterocycles. The Kier molecular flexibility index (Phi) is 2.73. The molecule has 0 aliphatic heterocycles. The second-order valence-corrected chi connectivity index (χ2v) is 4.31. The van der Waals surface area contributed by atoms with E-state index < -0.39 is 5.92 Å². The van der Waals surface area contributed by atoms with Crippen LogP contribution in [0.3, 0.4) is 0 Å². The molecule has 0 radical (unpaired) electrons. The first-order chi connectivity index (χ1) is 7.88. The summed E-state index contributed by atoms with van der Waals surface area (Å²) in [5, 5.41) is 2.55. The quantitative estimate of drug-likeness (QED) is 0.851. The third kappa shape index (κ3) is 2.69. The summed E-state index contributed by atoms with van der Waals surface area (Å²) < 4.78 is 26.1. The van der Waals surface area contributed by atoms with E-state index in [0.717, 1.165) is 26.0 Å². The zero-order valence-corrected chi connectivity index (χ0v) is 9.34. The number of anilines is 2. The van der Waals surface area contributed by atoms with Gasteiger partial charge in [0.05, 0.1) is 5.56 Å². The van der Waals surface area contributed by atoms with Crippen LogP contribution in [0.1, 0.15) is 25.3 Å². The second kappa shape index (κ2) is 3.94. The maximum atomic E-state index is 13.0. The van der Waals surface area contributed by atoms with E-state index in [2.05, 4.69) is 10.3 Å². The van der Waals surface area contributed by atoms with Gasteiger partial charge < -0.3 is 11.1 Å². The average molecular weight is 241 g/mol. The highest BCUT2D eigenvalue weighted by atomic mass is 19.3. The van der Waals surface area contributed by atoms with Gasteiger partial charge in [-0.25, -0.2) is 13.8 Å². The molecule has 17 heavy (non-hydrogen) atoms. The highest BCUT2D eigenvalue weighted by Gasteiger charge is 2.31. The normalized spacial score (nSPS) is 15.7. The number of rotatable bonds is 3. The zero-order valence-electron chi connectivity index (χ0n) is 9.34. The number of hydrogen-bond donors (Lipinski definition) is 2. The summed E-state index contributed by atoms with van der Waals surface area (Å²) >= 11 is 0. The number of nitrogens with zero attached hydrogens (tertiary/aromatic N) is 1. The van der Waals surface area contributed by atoms with Crippen LogP contribution in [0, 0.1) is 5.92 Å². The van der Waals surface area contributed by atoms with Gasteiger partial charge in [-0.05, 0) is 12.8 Å². The number of nitrogens with two attached hydrogens (primary N) is 1. The van der Waals surface area contributed by atoms with Crippen molar-refractivity contribution < 1.29 is 13.6 Å². The summed E-state index contributed by atoms with van der Waals surface area (Å²) in [5.41, 5.74) is 5.10. The molecule has 1 saturated carbocycles. The molecular weight excluding hydrogens is 228 g/mol. The fourth-order valence-electron chi connectivity index (χ4n) is 1.48. The van der Waals surface area contributed by atoms with Crippen LogP contribution in [0.15, 0.2) is 12.3 Å². The largest absolute Gasteiger partial charge is 0.398 e. The topological polar surface area (TPSA) is 68.0 Å². The van der Waals surface area contributed by atoms with Gasteiger partial charge in [-0.1, -0.05) is 0 Å². The maximum absolute atomic E-state index is 13.0. The smallest absolute Gasteiger partial charge is 0.273 e. The molecule has 1 aromatic heterocycles. The van der Waals surface area contributed by atoms with Crippen molar-refractivity contribution in [3.63, 3.8) is 0 Å². The average Bonchev–Trinajstić information content (AvgIpc) is 2.98. The van der Waals surface area contributed by atoms with E-state index in [9.17, 15) is 13.6 Å². The fourth-order valence-corrected chi connectivity index (χ4v) is 1.48. The molecule has 0 unspecified atom stereocenters. The molecule has 0 aromatic carbocycles. The third-order valence-electron chi connectivity index (χ3n) is 2.61. The standard InChI is InChI=1S/C11H13F2N3O/c1-11(12,13)7-5-15-9(4-8(7)14)16-10(17)6-2-3-6/h4-6H,2-3H2,1H3,(H3,14,15,16,17). The molecule has 4 nitrogen and oxygen atoms in total. The number of hydrogen-bond acceptors (Lipinski definition) is 3. The van der Waals surface area contributed by atoms with Crippen LogP contribution in [0.25, 0.3) is 0 Å². The first kappa shape index (κ1) is 11.8. The molecular formula is C11H13F2N3O. The van der Waals surface area contributed by atoms with Gasteiger partial charge in [0.15, 0.2) is 0 Å². The molecule has 0 bridgehead atoms. The van der Waals surface area contributed by atoms with Gasteiger partial charge in [0.25, 0.3) is 5.92 Å². The number of halogens is 2. The van der Waals surface area contributed by atoms with E-state index in [1.54, 1.807) is 0 Å². The summed E-state index contributed by atoms with van der Waals surface area (Å²) in [7, 11) is 0. The van der Waals surface area contributed by atoms with Crippen molar-refractivity contribution in [1.82, 2.24) is 4.98 Å². The van der Waals surface area contributed by atoms with Gasteiger partial charge in [-0.3, -0.25) is 4.79 Å². The first-order valence-corrected chi connectivity index (χ1v) is 5.32. The van der Waals surface area contributed by atoms with E-state index in [0.29, 0.717) is 0 Å². The number of carbonyl (C=O) groups is 1. The molecule has 1 aromatic rings. The number of alkyl halides is 2. The van der Waals surface area contributed by atoms with E-state index in [1.807, 2.05) is 0 Å². The maximum Gasteiger partial charge on any atom is 0.273 e. The van der Waals surface area contributed by atoms with Gasteiger partial charge in [0.1, 0.15) is 5.82 Å². The minimum absolute atomic E-state index is 0.0327. The second-order valence-electron chi connectivity index (χ2n) is 4.31. The lowest BCUT2D eigenvalue weighted by Crippen LogP contribution is -2.16. The summed E-state index contributed by atoms with van der Waals surface area (Å²) in [4.78, 5) is 15.2. The molecule has 6 heteroatoms. The van der Waals surface area contributed by atoms with E-state index >= 15 is 0 Å². The van der Waals surface area contributed by atoms with Crippen LogP contribution in [0.4, 0.5) is 20.3 Å². The molecule has 92 valence electrons. The molecule has 3 N–H and O–H groups in total. The third-order valence-corrected chi connectivity index (χ3v) is 2.61. The Morgan fingerprint density at radius 1 is 1.59 bits per heavy atom. The lowest BCUT2D eigenvalue weighted by atomic mass is 10.1. The SMILES string of the molecule is CC(F)(F)c1cnc(NC(=O)C2CC2)cc1N. The van der Waals surface area contributed by atoms with Gasteiger partial charge in [-0.2, -0.15) is 0 Å². The molecule has 2 rings (SSSR count). The molecule has 1 aliphatic carbocycles. The summed E-state index contributed by atoms with van der Waals surface area (Å²) in [6, 6.07) is 1.26. The Morgan fingerprint density at radius 2 is 2.24 bits per heavy atom. The lowest BCUT2D eigenvalue weighted by molar-refractivity contribution is -0.117. The van der Waals surface area contributed by atoms with Crippen molar-refractivity contribution in [2.45, 2.75) is 25.7 Å². The number of amides is 1. The van der Waals surface area contributed by atoms with Crippen molar-refractivity contribution in [3.8, 4) is 0 Å². The molecule has 1 fully saturated rings. The van der Waals surface area contributed by atoms with E-state index in [4.69, 9.17) is 5.73 Å². The Bertz CT molecular complexity index is 453. The Balaban J connectivity index is 2.15. The number of pyridine rings is 1. The minimum atomic E-state index is -3.03. The Hall–Kier alpha value is -1.72. The minimum Gasteiger partial charge on any atom is -0.398 e. The van der Waals surface area contributed by atoms with Crippen molar-refractivity contribution in [2.24, 2.45) is 5.92 Å². The molecule has 1 aliphatic rings. The summed E-state index contributed by atoms with van der Waals surface area (Å²) in [5.74, 6) is -2.92. The molecule has 1 amide bonds. The monoisotopic (exact) mass is 241 g/mol. The van der Waals surface area contributed by atoms with E-state index in [-0.39, 0.29) is 28.9 Å². The van der Waals surface area contributed by atoms with Crippen molar-refractivity contribution in [3.05, 3.63) is 17.8 Å². The number of aromatic nitrogens is 1. The van der Waals surface area contributed by atoms with Crippen molar-refractivity contribution >= 4 is 17.4 Å². The van der Waals surface area contributed by atoms with Gasteiger partial charge in [0, 0.05) is 30.8 Å². The van der Waals surface area contributed by atoms with E-state index in [1.165, 1.54) is 6.07 Å². The van der Waals surface area contributed by atoms with Gasteiger partial charge >= 0.3 is 0 Å². The van der Waals surface area contributed by atoms with Crippen LogP contribution >= 0.6 is 0 Å². The zero-order chi connectivity index (χ0) is 12.6. The first-order valence-electron chi connectivity index (χ1n) is 5.32. The van der Waals surface area contributed by atoms with Crippen LogP contribution in [-0.2, 0) is 10.7 Å². The summed E-state index contributed by atoms with van der Waals surface area (Å²) in [6.45, 7) is 0.753. The van der Waals surface area contributed by atoms with Crippen molar-refractivity contribution in [1.29, 1.82) is 0 Å². The molecule has 0 saturated heterocycles. The van der Waals surface area contributed by atoms with Gasteiger partial charge in [-0.15, -0.1) is 0 Å². The Labute approximate surface area is 97.2 Å². The van der Waals surface area contributed by atoms with Crippen LogP contribution in [0.5, 0.6) is 0 Å². The van der Waals surface area contributed by atoms with Gasteiger partial charge in [0.2, 0.25) is 5.91 Å². The molecule has 0 spiro atoms. The number of carbonyl (C=O) groups excluding carboxylic acids is 1. The van der Waals surface area contributed by atoms with Crippen LogP contribution in [0.2, 0.25) is 0 Å². The lowest BCUT2D eigenvalue weighted by Gasteiger charge is -2.13. The summed E-state index contributed by atoms with van der Waals surface area (Å²) in [6.07, 6.45) is 2.73. The highest BCUT2D eigenvalue weighted by Crippen LogP contribution is 2.33. The molecule has 0 atom stereocenters. The van der Waals surface area contributed by atoms with Crippen LogP contribution in [-0.4, -0.2) is 10.9 Å². The Morgan fingerprint density at radius 3 is 2.71 bits per heavy atom. The number of nitrogens with one attached hydrogen (secondary N) is 1. The predicted octanol–water partition coefficient (Wildman–Crippen LogP) is 2.12. The fraction of sp³-hybridized carbons (Fsp3) is 0.455. The van der Waals surface area contributed by atoms with Crippen LogP contribution < -0.4 is 11.1 Å². The number of nitrogen functional groups attached to an aromatic ring is 1. The van der Waals surface area contributed by atoms with Crippen molar-refractivity contribution in [2.75, 3.05) is 11.1 Å².